The lowest BCUT2D eigenvalue weighted by Gasteiger charge is -2.22. The minimum atomic E-state index is -6.72. The molecule has 148 valence electrons. The first kappa shape index (κ1) is 23.6. The molecule has 16 heteroatoms. The molecule has 1 heterocycles. The maximum Gasteiger partial charge on any atom is 0.480 e. The lowest BCUT2D eigenvalue weighted by Crippen LogP contribution is -2.30. The summed E-state index contributed by atoms with van der Waals surface area (Å²) in [5, 5.41) is 0. The Bertz CT molecular complexity index is 711. The van der Waals surface area contributed by atoms with Gasteiger partial charge >= 0.3 is 11.0 Å². The molecular formula is C9H13F6N3O5S2. The number of rotatable bonds is 5. The van der Waals surface area contributed by atoms with E-state index in [0.29, 0.717) is 0 Å². The number of sulfonamides is 2. The molecule has 8 nitrogen and oxygen atoms in total. The number of methoxy groups -OCH3 is 1. The predicted octanol–water partition coefficient (Wildman–Crippen LogP) is 1.02. The summed E-state index contributed by atoms with van der Waals surface area (Å²) in [4.78, 5) is 0. The second-order valence-corrected chi connectivity index (χ2v) is 7.65. The molecule has 1 aromatic heterocycles. The molecule has 0 spiro atoms. The predicted molar refractivity (Wildman–Crippen MR) is 70.8 cm³/mol. The molecule has 1 aromatic rings. The van der Waals surface area contributed by atoms with Crippen LogP contribution < -0.4 is 4.57 Å². The van der Waals surface area contributed by atoms with Crippen molar-refractivity contribution in [3.05, 3.63) is 22.8 Å². The molecule has 0 saturated carbocycles. The SMILES string of the molecule is COCCn1cc[n+](C)c1.O=S(=O)([N-]S(=O)(=O)C(F)(F)F)C(F)(F)F. The van der Waals surface area contributed by atoms with Gasteiger partial charge in [0, 0.05) is 7.11 Å². The number of hydrogen-bond donors (Lipinski definition) is 0. The molecule has 0 N–H and O–H groups in total. The van der Waals surface area contributed by atoms with Gasteiger partial charge < -0.3 is 8.86 Å². The fourth-order valence-corrected chi connectivity index (χ4v) is 2.75. The molecular weight excluding hydrogens is 408 g/mol. The van der Waals surface area contributed by atoms with Gasteiger partial charge in [0.15, 0.2) is 20.0 Å². The third-order valence-corrected chi connectivity index (χ3v) is 4.90. The van der Waals surface area contributed by atoms with Gasteiger partial charge in [-0.1, -0.05) is 0 Å². The Kier molecular flexibility index (Phi) is 7.86. The molecule has 0 aliphatic rings. The van der Waals surface area contributed by atoms with Gasteiger partial charge in [0.1, 0.15) is 18.9 Å². The average Bonchev–Trinajstić information content (AvgIpc) is 2.79. The van der Waals surface area contributed by atoms with Crippen LogP contribution in [0.25, 0.3) is 4.13 Å². The van der Waals surface area contributed by atoms with Crippen LogP contribution in [0.15, 0.2) is 18.7 Å². The number of nitrogens with zero attached hydrogens (tertiary/aromatic N) is 3. The zero-order chi connectivity index (χ0) is 20.1. The Morgan fingerprint density at radius 3 is 1.76 bits per heavy atom. The van der Waals surface area contributed by atoms with E-state index in [4.69, 9.17) is 4.74 Å². The molecule has 0 aliphatic heterocycles. The van der Waals surface area contributed by atoms with Gasteiger partial charge in [-0.2, -0.15) is 26.3 Å². The van der Waals surface area contributed by atoms with Gasteiger partial charge in [-0.15, -0.1) is 0 Å². The summed E-state index contributed by atoms with van der Waals surface area (Å²) in [5.41, 5.74) is -12.4. The minimum Gasteiger partial charge on any atom is -0.421 e. The van der Waals surface area contributed by atoms with E-state index < -0.39 is 31.1 Å². The van der Waals surface area contributed by atoms with Crippen molar-refractivity contribution in [3.63, 3.8) is 0 Å². The lowest BCUT2D eigenvalue weighted by molar-refractivity contribution is -0.671. The number of aryl methyl sites for hydroxylation is 1. The smallest absolute Gasteiger partial charge is 0.421 e. The van der Waals surface area contributed by atoms with Crippen molar-refractivity contribution in [2.24, 2.45) is 7.05 Å². The molecule has 0 radical (unpaired) electrons. The third kappa shape index (κ3) is 7.57. The summed E-state index contributed by atoms with van der Waals surface area (Å²) >= 11 is 0. The third-order valence-electron chi connectivity index (χ3n) is 2.16. The van der Waals surface area contributed by atoms with Crippen LogP contribution in [0.4, 0.5) is 26.3 Å². The number of halogens is 6. The summed E-state index contributed by atoms with van der Waals surface area (Å²) in [5.74, 6) is 0. The number of hydrogen-bond acceptors (Lipinski definition) is 5. The van der Waals surface area contributed by atoms with Crippen molar-refractivity contribution in [3.8, 4) is 0 Å². The fourth-order valence-electron chi connectivity index (χ4n) is 1.04. The molecule has 0 amide bonds. The number of aromatic nitrogens is 2. The highest BCUT2D eigenvalue weighted by molar-refractivity contribution is 8.13. The highest BCUT2D eigenvalue weighted by Crippen LogP contribution is 2.36. The largest absolute Gasteiger partial charge is 0.480 e. The van der Waals surface area contributed by atoms with Gasteiger partial charge in [0.2, 0.25) is 6.33 Å². The highest BCUT2D eigenvalue weighted by atomic mass is 32.3. The first-order chi connectivity index (χ1) is 11.0. The van der Waals surface area contributed by atoms with Crippen LogP contribution in [-0.2, 0) is 38.4 Å². The van der Waals surface area contributed by atoms with Crippen molar-refractivity contribution in [2.75, 3.05) is 13.7 Å². The summed E-state index contributed by atoms with van der Waals surface area (Å²) < 4.78 is 118. The molecule has 0 aliphatic carbocycles. The molecule has 1 rings (SSSR count). The summed E-state index contributed by atoms with van der Waals surface area (Å²) in [6, 6.07) is 0. The van der Waals surface area contributed by atoms with Crippen molar-refractivity contribution >= 4 is 20.0 Å². The van der Waals surface area contributed by atoms with Crippen molar-refractivity contribution in [1.29, 1.82) is 0 Å². The van der Waals surface area contributed by atoms with Crippen molar-refractivity contribution in [2.45, 2.75) is 17.6 Å². The van der Waals surface area contributed by atoms with E-state index in [2.05, 4.69) is 4.57 Å². The molecule has 0 saturated heterocycles. The fraction of sp³-hybridized carbons (Fsp3) is 0.667. The van der Waals surface area contributed by atoms with Gasteiger partial charge in [-0.3, -0.25) is 0 Å². The van der Waals surface area contributed by atoms with E-state index in [1.54, 1.807) is 7.11 Å². The monoisotopic (exact) mass is 421 g/mol. The first-order valence-electron chi connectivity index (χ1n) is 5.90. The van der Waals surface area contributed by atoms with E-state index in [1.807, 2.05) is 30.3 Å². The Balaban J connectivity index is 0.000000496. The number of ether oxygens (including phenoxy) is 1. The summed E-state index contributed by atoms with van der Waals surface area (Å²) in [6.07, 6.45) is 6.06. The van der Waals surface area contributed by atoms with Gasteiger partial charge in [0.25, 0.3) is 0 Å². The number of alkyl halides is 6. The molecule has 0 atom stereocenters. The standard InChI is InChI=1S/C7H13N2O.C2F6NO4S2/c1-8-3-4-9(7-8)5-6-10-2;3-1(4,5)14(10,11)9-15(12,13)2(6,7)8/h3-4,7H,5-6H2,1-2H3;/q+1;-1. The minimum absolute atomic E-state index is 0.772. The maximum atomic E-state index is 11.4. The quantitative estimate of drug-likeness (QED) is 0.522. The lowest BCUT2D eigenvalue weighted by atomic mass is 10.7. The Morgan fingerprint density at radius 1 is 1.04 bits per heavy atom. The topological polar surface area (TPSA) is 100 Å². The molecule has 25 heavy (non-hydrogen) atoms. The maximum absolute atomic E-state index is 11.4. The van der Waals surface area contributed by atoms with Gasteiger partial charge in [-0.05, 0) is 0 Å². The zero-order valence-corrected chi connectivity index (χ0v) is 14.2. The van der Waals surface area contributed by atoms with E-state index in [9.17, 15) is 43.2 Å². The summed E-state index contributed by atoms with van der Waals surface area (Å²) in [7, 11) is -9.73. The van der Waals surface area contributed by atoms with Crippen molar-refractivity contribution in [1.82, 2.24) is 4.57 Å². The first-order valence-corrected chi connectivity index (χ1v) is 8.78. The zero-order valence-electron chi connectivity index (χ0n) is 12.6. The van der Waals surface area contributed by atoms with E-state index >= 15 is 0 Å². The van der Waals surface area contributed by atoms with Crippen LogP contribution in [0.5, 0.6) is 0 Å². The Morgan fingerprint density at radius 2 is 1.48 bits per heavy atom. The van der Waals surface area contributed by atoms with E-state index in [0.717, 1.165) is 17.3 Å². The van der Waals surface area contributed by atoms with Crippen LogP contribution in [0.2, 0.25) is 0 Å². The van der Waals surface area contributed by atoms with E-state index in [1.165, 1.54) is 0 Å². The molecule has 0 bridgehead atoms. The summed E-state index contributed by atoms with van der Waals surface area (Å²) in [6.45, 7) is 1.70. The van der Waals surface area contributed by atoms with Crippen LogP contribution in [-0.4, -0.2) is 46.1 Å². The van der Waals surface area contributed by atoms with E-state index in [-0.39, 0.29) is 0 Å². The Hall–Kier alpha value is -1.39. The van der Waals surface area contributed by atoms with Crippen molar-refractivity contribution < 1.29 is 52.5 Å². The number of imidazole rings is 1. The second kappa shape index (κ2) is 8.33. The van der Waals surface area contributed by atoms with Gasteiger partial charge in [0.05, 0.1) is 13.7 Å². The molecule has 0 fully saturated rings. The van der Waals surface area contributed by atoms with Crippen LogP contribution >= 0.6 is 0 Å². The van der Waals surface area contributed by atoms with Crippen LogP contribution in [0.3, 0.4) is 0 Å². The molecule has 0 aromatic carbocycles. The van der Waals surface area contributed by atoms with Crippen LogP contribution in [0, 0.1) is 0 Å². The van der Waals surface area contributed by atoms with Crippen LogP contribution in [0.1, 0.15) is 0 Å². The average molecular weight is 421 g/mol. The second-order valence-electron chi connectivity index (χ2n) is 4.23. The Labute approximate surface area is 139 Å². The normalized spacial score (nSPS) is 13.3. The molecule has 0 unspecified atom stereocenters. The van der Waals surface area contributed by atoms with Gasteiger partial charge in [-0.25, -0.2) is 26.0 Å². The highest BCUT2D eigenvalue weighted by Gasteiger charge is 2.46.